The van der Waals surface area contributed by atoms with E-state index in [1.165, 1.54) is 6.92 Å². The fourth-order valence-corrected chi connectivity index (χ4v) is 4.91. The Morgan fingerprint density at radius 2 is 1.63 bits per heavy atom. The molecule has 0 amide bonds. The lowest BCUT2D eigenvalue weighted by molar-refractivity contribution is -0.170. The van der Waals surface area contributed by atoms with Gasteiger partial charge in [-0.2, -0.15) is 0 Å². The average molecular weight is 499 g/mol. The summed E-state index contributed by atoms with van der Waals surface area (Å²) in [6.07, 6.45) is 0.758. The van der Waals surface area contributed by atoms with Crippen LogP contribution < -0.4 is 0 Å². The molecule has 0 unspecified atom stereocenters. The molecule has 0 spiro atoms. The number of rotatable bonds is 0. The van der Waals surface area contributed by atoms with Crippen molar-refractivity contribution in [3.63, 3.8) is 0 Å². The van der Waals surface area contributed by atoms with Gasteiger partial charge in [-0.05, 0) is 81.5 Å². The molecule has 0 aromatic heterocycles. The Balaban J connectivity index is 3.13. The van der Waals surface area contributed by atoms with Crippen LogP contribution in [0.15, 0.2) is 0 Å². The number of ether oxygens (including phenoxy) is 1. The van der Waals surface area contributed by atoms with E-state index in [-0.39, 0.29) is 23.8 Å². The third kappa shape index (κ3) is 7.10. The molecule has 1 heterocycles. The highest BCUT2D eigenvalue weighted by Gasteiger charge is 2.44. The summed E-state index contributed by atoms with van der Waals surface area (Å²) < 4.78 is 4.62. The number of hydrogen-bond acceptors (Lipinski definition) is 6. The average Bonchev–Trinajstić information content (AvgIpc) is 2.50. The fourth-order valence-electron chi connectivity index (χ4n) is 4.29. The summed E-state index contributed by atoms with van der Waals surface area (Å²) in [4.78, 5) is 14.5. The van der Waals surface area contributed by atoms with E-state index < -0.39 is 27.4 Å². The molecule has 27 heavy (non-hydrogen) atoms. The van der Waals surface area contributed by atoms with Crippen LogP contribution >= 0.6 is 22.6 Å². The molecule has 8 atom stereocenters. The van der Waals surface area contributed by atoms with Crippen molar-refractivity contribution >= 4 is 28.6 Å². The van der Waals surface area contributed by atoms with E-state index in [1.807, 2.05) is 55.3 Å². The van der Waals surface area contributed by atoms with Gasteiger partial charge < -0.3 is 25.0 Å². The highest BCUT2D eigenvalue weighted by Crippen LogP contribution is 2.32. The predicted molar refractivity (Wildman–Crippen MR) is 115 cm³/mol. The Morgan fingerprint density at radius 1 is 1.11 bits per heavy atom. The molecule has 1 aliphatic rings. The zero-order valence-electron chi connectivity index (χ0n) is 17.8. The maximum absolute atomic E-state index is 12.5. The van der Waals surface area contributed by atoms with Crippen LogP contribution in [0.25, 0.3) is 0 Å². The van der Waals surface area contributed by atoms with Crippen molar-refractivity contribution in [3.05, 3.63) is 0 Å². The Hall–Kier alpha value is 0.0400. The van der Waals surface area contributed by atoms with Crippen LogP contribution in [0.4, 0.5) is 0 Å². The predicted octanol–water partition coefficient (Wildman–Crippen LogP) is 2.57. The van der Waals surface area contributed by atoms with Crippen LogP contribution in [0.2, 0.25) is 0 Å². The quantitative estimate of drug-likeness (QED) is 0.270. The highest BCUT2D eigenvalue weighted by atomic mass is 127. The molecule has 0 radical (unpaired) electrons. The molecule has 7 heteroatoms. The van der Waals surface area contributed by atoms with E-state index in [1.54, 1.807) is 6.92 Å². The monoisotopic (exact) mass is 499 g/mol. The SMILES string of the molecule is C[C@H]1C[C@@H](C)C(=O)O[C@H](I)[C@@](C)(O)[C@H](O)[C@@H](C)N(C)C[C@H](C)C[C@@](C)(O)C1. The van der Waals surface area contributed by atoms with E-state index in [0.717, 1.165) is 0 Å². The van der Waals surface area contributed by atoms with Gasteiger partial charge in [0.05, 0.1) is 11.5 Å². The number of alkyl halides is 1. The minimum Gasteiger partial charge on any atom is -0.448 e. The molecule has 0 aliphatic carbocycles. The van der Waals surface area contributed by atoms with Gasteiger partial charge in [0.25, 0.3) is 0 Å². The van der Waals surface area contributed by atoms with Gasteiger partial charge in [0, 0.05) is 12.6 Å². The number of nitrogens with zero attached hydrogens (tertiary/aromatic N) is 1. The third-order valence-electron chi connectivity index (χ3n) is 5.76. The number of likely N-dealkylation sites (N-methyl/N-ethyl adjacent to an activating group) is 1. The van der Waals surface area contributed by atoms with Gasteiger partial charge in [-0.25, -0.2) is 0 Å². The molecule has 1 saturated heterocycles. The molecular weight excluding hydrogens is 461 g/mol. The molecule has 3 N–H and O–H groups in total. The van der Waals surface area contributed by atoms with E-state index in [4.69, 9.17) is 4.74 Å². The van der Waals surface area contributed by atoms with Crippen molar-refractivity contribution in [1.29, 1.82) is 0 Å². The van der Waals surface area contributed by atoms with Crippen LogP contribution in [0, 0.1) is 17.8 Å². The fraction of sp³-hybridized carbons (Fsp3) is 0.950. The van der Waals surface area contributed by atoms with E-state index in [9.17, 15) is 20.1 Å². The molecular formula is C20H38INO5. The van der Waals surface area contributed by atoms with Crippen LogP contribution in [-0.4, -0.2) is 67.2 Å². The number of aliphatic hydroxyl groups is 3. The molecule has 0 aromatic rings. The first-order valence-corrected chi connectivity index (χ1v) is 11.1. The largest absolute Gasteiger partial charge is 0.448 e. The summed E-state index contributed by atoms with van der Waals surface area (Å²) in [6.45, 7) is 11.8. The van der Waals surface area contributed by atoms with Crippen LogP contribution in [0.3, 0.4) is 0 Å². The molecule has 160 valence electrons. The first-order chi connectivity index (χ1) is 12.2. The minimum absolute atomic E-state index is 0.162. The molecule has 0 bridgehead atoms. The van der Waals surface area contributed by atoms with Gasteiger partial charge in [0.1, 0.15) is 11.7 Å². The van der Waals surface area contributed by atoms with Crippen molar-refractivity contribution in [3.8, 4) is 0 Å². The summed E-state index contributed by atoms with van der Waals surface area (Å²) in [5.74, 6) is -0.357. The van der Waals surface area contributed by atoms with E-state index >= 15 is 0 Å². The number of halogens is 1. The van der Waals surface area contributed by atoms with Crippen molar-refractivity contribution in [2.45, 2.75) is 88.3 Å². The van der Waals surface area contributed by atoms with Crippen molar-refractivity contribution in [2.75, 3.05) is 13.6 Å². The maximum Gasteiger partial charge on any atom is 0.309 e. The normalized spacial score (nSPS) is 47.0. The Morgan fingerprint density at radius 3 is 2.19 bits per heavy atom. The standard InChI is InChI=1S/C20H38INO5/c1-12-8-14(3)17(24)27-18(21)20(6,26)16(23)15(4)22(7)11-13(2)10-19(5,25)9-12/h12-16,18,23,25-26H,8-11H2,1-7H3/t12-,13+,14+,15+,16+,18-,19-,20-/m0/s1. The molecule has 1 aliphatic heterocycles. The Bertz CT molecular complexity index is 499. The third-order valence-corrected chi connectivity index (χ3v) is 7.28. The molecule has 1 fully saturated rings. The van der Waals surface area contributed by atoms with Crippen molar-refractivity contribution in [2.24, 2.45) is 17.8 Å². The number of esters is 1. The van der Waals surface area contributed by atoms with Gasteiger partial charge in [0.2, 0.25) is 0 Å². The number of aliphatic hydroxyl groups excluding tert-OH is 1. The van der Waals surface area contributed by atoms with Crippen LogP contribution in [0.1, 0.15) is 60.8 Å². The van der Waals surface area contributed by atoms with Crippen molar-refractivity contribution in [1.82, 2.24) is 4.90 Å². The lowest BCUT2D eigenvalue weighted by Crippen LogP contribution is -2.57. The van der Waals surface area contributed by atoms with Crippen molar-refractivity contribution < 1.29 is 24.9 Å². The summed E-state index contributed by atoms with van der Waals surface area (Å²) in [6, 6.07) is -0.343. The first-order valence-electron chi connectivity index (χ1n) is 9.85. The number of carbonyl (C=O) groups excluding carboxylic acids is 1. The summed E-state index contributed by atoms with van der Waals surface area (Å²) in [5.41, 5.74) is -2.40. The first kappa shape index (κ1) is 25.1. The molecule has 6 nitrogen and oxygen atoms in total. The van der Waals surface area contributed by atoms with Gasteiger partial charge >= 0.3 is 5.97 Å². The van der Waals surface area contributed by atoms with Crippen LogP contribution in [-0.2, 0) is 9.53 Å². The lowest BCUT2D eigenvalue weighted by Gasteiger charge is -2.40. The summed E-state index contributed by atoms with van der Waals surface area (Å²) >= 11 is 1.88. The van der Waals surface area contributed by atoms with Gasteiger partial charge in [-0.15, -0.1) is 0 Å². The van der Waals surface area contributed by atoms with Gasteiger partial charge in [0.15, 0.2) is 4.11 Å². The Labute approximate surface area is 177 Å². The summed E-state index contributed by atoms with van der Waals surface area (Å²) in [5, 5.41) is 32.5. The number of carbonyl (C=O) groups is 1. The lowest BCUT2D eigenvalue weighted by atomic mass is 9.82. The van der Waals surface area contributed by atoms with Gasteiger partial charge in [-0.3, -0.25) is 4.79 Å². The number of cyclic esters (lactones) is 1. The highest BCUT2D eigenvalue weighted by molar-refractivity contribution is 14.1. The number of hydrogen-bond donors (Lipinski definition) is 3. The zero-order valence-corrected chi connectivity index (χ0v) is 19.9. The molecule has 0 aromatic carbocycles. The smallest absolute Gasteiger partial charge is 0.309 e. The van der Waals surface area contributed by atoms with E-state index in [2.05, 4.69) is 6.92 Å². The second-order valence-corrected chi connectivity index (χ2v) is 10.5. The second-order valence-electron chi connectivity index (χ2n) is 9.36. The molecule has 1 rings (SSSR count). The summed E-state index contributed by atoms with van der Waals surface area (Å²) in [7, 11) is 1.90. The second kappa shape index (κ2) is 9.69. The Kier molecular flexibility index (Phi) is 9.00. The minimum atomic E-state index is -1.58. The zero-order chi connectivity index (χ0) is 21.2. The van der Waals surface area contributed by atoms with E-state index in [0.29, 0.717) is 25.8 Å². The topological polar surface area (TPSA) is 90.2 Å². The van der Waals surface area contributed by atoms with Gasteiger partial charge in [-0.1, -0.05) is 20.8 Å². The maximum atomic E-state index is 12.5. The van der Waals surface area contributed by atoms with Crippen LogP contribution in [0.5, 0.6) is 0 Å². The molecule has 0 saturated carbocycles.